The summed E-state index contributed by atoms with van der Waals surface area (Å²) < 4.78 is 5.51. The minimum Gasteiger partial charge on any atom is -0.493 e. The Hall–Kier alpha value is -1.91. The first kappa shape index (κ1) is 13.2. The summed E-state index contributed by atoms with van der Waals surface area (Å²) in [6, 6.07) is 5.38. The first-order chi connectivity index (χ1) is 8.02. The molecule has 17 heavy (non-hydrogen) atoms. The van der Waals surface area contributed by atoms with Crippen molar-refractivity contribution in [3.63, 3.8) is 0 Å². The Morgan fingerprint density at radius 3 is 2.71 bits per heavy atom. The van der Waals surface area contributed by atoms with E-state index in [4.69, 9.17) is 16.2 Å². The molecule has 0 aliphatic carbocycles. The Labute approximate surface area is 101 Å². The molecule has 0 radical (unpaired) electrons. The Balaban J connectivity index is 2.84. The second-order valence-electron chi connectivity index (χ2n) is 3.93. The number of amides is 1. The lowest BCUT2D eigenvalue weighted by Gasteiger charge is -2.19. The number of ether oxygens (including phenoxy) is 1. The van der Waals surface area contributed by atoms with Crippen molar-refractivity contribution in [1.82, 2.24) is 0 Å². The van der Waals surface area contributed by atoms with Gasteiger partial charge in [-0.15, -0.1) is 0 Å². The van der Waals surface area contributed by atoms with E-state index in [1.54, 1.807) is 24.1 Å². The van der Waals surface area contributed by atoms with Crippen LogP contribution in [0.4, 0.5) is 11.4 Å². The van der Waals surface area contributed by atoms with Gasteiger partial charge in [0.05, 0.1) is 13.2 Å². The molecule has 5 heteroatoms. The number of rotatable bonds is 6. The third-order valence-corrected chi connectivity index (χ3v) is 2.22. The van der Waals surface area contributed by atoms with Gasteiger partial charge in [0.1, 0.15) is 5.75 Å². The molecule has 1 aromatic rings. The number of benzene rings is 1. The first-order valence-corrected chi connectivity index (χ1v) is 5.55. The van der Waals surface area contributed by atoms with Gasteiger partial charge in [0.25, 0.3) is 0 Å². The Kier molecular flexibility index (Phi) is 4.63. The maximum Gasteiger partial charge on any atom is 0.236 e. The number of anilines is 2. The average Bonchev–Trinajstić information content (AvgIpc) is 2.24. The van der Waals surface area contributed by atoms with Crippen molar-refractivity contribution >= 4 is 17.3 Å². The Morgan fingerprint density at radius 1 is 1.41 bits per heavy atom. The SMILES string of the molecule is CCCOc1cc(N)cc(N(C)CC(N)=O)c1. The van der Waals surface area contributed by atoms with Crippen LogP contribution >= 0.6 is 0 Å². The van der Waals surface area contributed by atoms with Gasteiger partial charge in [0.15, 0.2) is 0 Å². The minimum absolute atomic E-state index is 0.149. The second kappa shape index (κ2) is 5.98. The summed E-state index contributed by atoms with van der Waals surface area (Å²) in [6.45, 7) is 2.82. The van der Waals surface area contributed by atoms with Gasteiger partial charge >= 0.3 is 0 Å². The second-order valence-corrected chi connectivity index (χ2v) is 3.93. The molecule has 0 fully saturated rings. The van der Waals surface area contributed by atoms with Gasteiger partial charge in [0, 0.05) is 30.6 Å². The summed E-state index contributed by atoms with van der Waals surface area (Å²) in [5.74, 6) is 0.323. The summed E-state index contributed by atoms with van der Waals surface area (Å²) in [5.41, 5.74) is 12.3. The number of hydrogen-bond acceptors (Lipinski definition) is 4. The summed E-state index contributed by atoms with van der Waals surface area (Å²) in [6.07, 6.45) is 0.932. The van der Waals surface area contributed by atoms with Crippen molar-refractivity contribution in [2.24, 2.45) is 5.73 Å². The van der Waals surface area contributed by atoms with Crippen LogP contribution in [0.5, 0.6) is 5.75 Å². The molecule has 0 unspecified atom stereocenters. The fraction of sp³-hybridized carbons (Fsp3) is 0.417. The molecular weight excluding hydrogens is 218 g/mol. The molecule has 0 saturated carbocycles. The zero-order chi connectivity index (χ0) is 12.8. The van der Waals surface area contributed by atoms with Crippen LogP contribution < -0.4 is 21.1 Å². The van der Waals surface area contributed by atoms with Gasteiger partial charge in [-0.25, -0.2) is 0 Å². The lowest BCUT2D eigenvalue weighted by atomic mass is 10.2. The molecular formula is C12H19N3O2. The van der Waals surface area contributed by atoms with E-state index >= 15 is 0 Å². The zero-order valence-corrected chi connectivity index (χ0v) is 10.3. The highest BCUT2D eigenvalue weighted by Gasteiger charge is 2.07. The zero-order valence-electron chi connectivity index (χ0n) is 10.3. The number of nitrogens with zero attached hydrogens (tertiary/aromatic N) is 1. The largest absolute Gasteiger partial charge is 0.493 e. The van der Waals surface area contributed by atoms with E-state index < -0.39 is 0 Å². The highest BCUT2D eigenvalue weighted by atomic mass is 16.5. The maximum atomic E-state index is 10.8. The van der Waals surface area contributed by atoms with Gasteiger partial charge in [-0.1, -0.05) is 6.92 Å². The van der Waals surface area contributed by atoms with Crippen LogP contribution in [0.3, 0.4) is 0 Å². The third kappa shape index (κ3) is 4.22. The average molecular weight is 237 g/mol. The quantitative estimate of drug-likeness (QED) is 0.723. The number of carbonyl (C=O) groups is 1. The van der Waals surface area contributed by atoms with Crippen molar-refractivity contribution in [2.45, 2.75) is 13.3 Å². The van der Waals surface area contributed by atoms with E-state index in [0.29, 0.717) is 18.0 Å². The van der Waals surface area contributed by atoms with Crippen LogP contribution in [-0.4, -0.2) is 26.1 Å². The fourth-order valence-electron chi connectivity index (χ4n) is 1.45. The molecule has 1 aromatic carbocycles. The fourth-order valence-corrected chi connectivity index (χ4v) is 1.45. The monoisotopic (exact) mass is 237 g/mol. The standard InChI is InChI=1S/C12H19N3O2/c1-3-4-17-11-6-9(13)5-10(7-11)15(2)8-12(14)16/h5-7H,3-4,8,13H2,1-2H3,(H2,14,16). The predicted molar refractivity (Wildman–Crippen MR) is 69.1 cm³/mol. The molecule has 0 aliphatic rings. The van der Waals surface area contributed by atoms with Crippen LogP contribution in [0.2, 0.25) is 0 Å². The highest BCUT2D eigenvalue weighted by molar-refractivity contribution is 5.79. The Morgan fingerprint density at radius 2 is 2.12 bits per heavy atom. The van der Waals surface area contributed by atoms with Crippen molar-refractivity contribution in [3.8, 4) is 5.75 Å². The van der Waals surface area contributed by atoms with E-state index in [2.05, 4.69) is 0 Å². The number of hydrogen-bond donors (Lipinski definition) is 2. The van der Waals surface area contributed by atoms with Gasteiger partial charge < -0.3 is 21.1 Å². The number of nitrogen functional groups attached to an aromatic ring is 1. The molecule has 0 atom stereocenters. The number of likely N-dealkylation sites (N-methyl/N-ethyl adjacent to an activating group) is 1. The van der Waals surface area contributed by atoms with Gasteiger partial charge in [-0.2, -0.15) is 0 Å². The van der Waals surface area contributed by atoms with Crippen LogP contribution in [0.1, 0.15) is 13.3 Å². The Bertz CT molecular complexity index is 393. The smallest absolute Gasteiger partial charge is 0.236 e. The summed E-state index contributed by atoms with van der Waals surface area (Å²) in [5, 5.41) is 0. The summed E-state index contributed by atoms with van der Waals surface area (Å²) in [7, 11) is 1.78. The van der Waals surface area contributed by atoms with Crippen LogP contribution in [0, 0.1) is 0 Å². The lowest BCUT2D eigenvalue weighted by Crippen LogP contribution is -2.30. The van der Waals surface area contributed by atoms with Gasteiger partial charge in [-0.3, -0.25) is 4.79 Å². The molecule has 0 heterocycles. The van der Waals surface area contributed by atoms with Crippen molar-refractivity contribution in [2.75, 3.05) is 30.8 Å². The first-order valence-electron chi connectivity index (χ1n) is 5.55. The number of nitrogens with two attached hydrogens (primary N) is 2. The van der Waals surface area contributed by atoms with Crippen LogP contribution in [-0.2, 0) is 4.79 Å². The molecule has 0 spiro atoms. The highest BCUT2D eigenvalue weighted by Crippen LogP contribution is 2.24. The molecule has 94 valence electrons. The normalized spacial score (nSPS) is 10.0. The van der Waals surface area contributed by atoms with Gasteiger partial charge in [0.2, 0.25) is 5.91 Å². The topological polar surface area (TPSA) is 81.6 Å². The van der Waals surface area contributed by atoms with E-state index in [0.717, 1.165) is 12.1 Å². The molecule has 0 aliphatic heterocycles. The van der Waals surface area contributed by atoms with Gasteiger partial charge in [-0.05, 0) is 12.5 Å². The van der Waals surface area contributed by atoms with Crippen LogP contribution in [0.15, 0.2) is 18.2 Å². The summed E-state index contributed by atoms with van der Waals surface area (Å²) in [4.78, 5) is 12.6. The predicted octanol–water partition coefficient (Wildman–Crippen LogP) is 0.979. The molecule has 0 saturated heterocycles. The summed E-state index contributed by atoms with van der Waals surface area (Å²) >= 11 is 0. The van der Waals surface area contributed by atoms with E-state index in [1.165, 1.54) is 0 Å². The molecule has 1 rings (SSSR count). The third-order valence-electron chi connectivity index (χ3n) is 2.22. The van der Waals surface area contributed by atoms with E-state index in [1.807, 2.05) is 13.0 Å². The molecule has 4 N–H and O–H groups in total. The lowest BCUT2D eigenvalue weighted by molar-refractivity contribution is -0.116. The molecule has 5 nitrogen and oxygen atoms in total. The van der Waals surface area contributed by atoms with E-state index in [-0.39, 0.29) is 12.5 Å². The number of carbonyl (C=O) groups excluding carboxylic acids is 1. The van der Waals surface area contributed by atoms with E-state index in [9.17, 15) is 4.79 Å². The minimum atomic E-state index is -0.383. The van der Waals surface area contributed by atoms with Crippen molar-refractivity contribution in [1.29, 1.82) is 0 Å². The van der Waals surface area contributed by atoms with Crippen molar-refractivity contribution < 1.29 is 9.53 Å². The van der Waals surface area contributed by atoms with Crippen LogP contribution in [0.25, 0.3) is 0 Å². The molecule has 1 amide bonds. The number of primary amides is 1. The molecule has 0 bridgehead atoms. The molecule has 0 aromatic heterocycles. The van der Waals surface area contributed by atoms with Crippen molar-refractivity contribution in [3.05, 3.63) is 18.2 Å². The maximum absolute atomic E-state index is 10.8.